The fraction of sp³-hybridized carbons (Fsp3) is 0.733. The topological polar surface area (TPSA) is 220 Å². The second-order valence-corrected chi connectivity index (χ2v) is 22.6. The fourth-order valence-corrected chi connectivity index (χ4v) is 11.2. The first kappa shape index (κ1) is 65.2. The van der Waals surface area contributed by atoms with Crippen molar-refractivity contribution in [3.05, 3.63) is 60.4 Å². The number of Topliss-reactive ketones (excluding diaryl/α,β-unsaturated/α-hetero) is 3. The monoisotopic (exact) mass is 1080 g/mol. The van der Waals surface area contributed by atoms with Crippen LogP contribution in [0.25, 0.3) is 0 Å². The first-order chi connectivity index (χ1) is 36.5. The maximum Gasteiger partial charge on any atom is 0.329 e. The van der Waals surface area contributed by atoms with E-state index in [1.165, 1.54) is 18.3 Å². The molecule has 0 aromatic rings. The number of methoxy groups -OCH3 is 3. The second kappa shape index (κ2) is 30.9. The Morgan fingerprint density at radius 1 is 0.909 bits per heavy atom. The average molecular weight is 1080 g/mol. The van der Waals surface area contributed by atoms with Gasteiger partial charge in [-0.3, -0.25) is 24.0 Å². The molecule has 434 valence electrons. The number of hydrogen-bond donors (Lipinski definition) is 2. The van der Waals surface area contributed by atoms with Crippen LogP contribution in [0.1, 0.15) is 139 Å². The number of piperidine rings is 1. The number of nitrogens with zero attached hydrogens (tertiary/aromatic N) is 1. The molecule has 0 aromatic carbocycles. The van der Waals surface area contributed by atoms with Crippen molar-refractivity contribution in [2.75, 3.05) is 47.7 Å². The first-order valence-electron chi connectivity index (χ1n) is 28.0. The van der Waals surface area contributed by atoms with Gasteiger partial charge in [-0.15, -0.1) is 0 Å². The number of rotatable bonds is 14. The molecule has 4 rings (SSSR count). The highest BCUT2D eigenvalue weighted by Gasteiger charge is 2.53. The number of allylic oxidation sites excluding steroid dienone is 6. The zero-order chi connectivity index (χ0) is 57.2. The third-order valence-corrected chi connectivity index (χ3v) is 16.3. The smallest absolute Gasteiger partial charge is 0.329 e. The van der Waals surface area contributed by atoms with E-state index in [-0.39, 0.29) is 56.0 Å². The molecule has 77 heavy (non-hydrogen) atoms. The Labute approximate surface area is 458 Å². The van der Waals surface area contributed by atoms with Crippen molar-refractivity contribution in [3.63, 3.8) is 0 Å². The molecule has 1 saturated carbocycles. The van der Waals surface area contributed by atoms with Crippen LogP contribution in [0.2, 0.25) is 0 Å². The number of ether oxygens (including phenoxy) is 8. The normalized spacial score (nSPS) is 36.6. The molecule has 0 spiro atoms. The van der Waals surface area contributed by atoms with E-state index < -0.39 is 107 Å². The standard InChI is InChI=1S/C60H93NO16/c1-14-73-35-59(10,36-74-15-2)58(68)76-48-27-25-44(32-51(48)71-12)31-40(6)50-34-47(62)39(5)30-42(8)53(64)54(72-13)52(63)41(7)29-37(3)21-17-16-18-22-38(4)49(70-11)33-45-26-24-43(9)60(69,77-45)55(65)56(66)61-28-20-19-23-46(61)57(67)75-50/h14,16-18,21-22,30,37,39-41,43-46,48-51,53-54,64,69H,1,15,19-20,23-29,31-36H2,2-13H3/b18-16+,21-17+,38-22+,42-30+/t37-,39-,40-,41-,43-,44+,45+,46+,48-,49+,50+,51-,53-,54+,59?,60-/m1/s1. The molecule has 1 unspecified atom stereocenters. The molecule has 0 aromatic heterocycles. The molecule has 1 amide bonds. The Morgan fingerprint density at radius 2 is 1.64 bits per heavy atom. The highest BCUT2D eigenvalue weighted by Crippen LogP contribution is 2.39. The molecular weight excluding hydrogens is 991 g/mol. The Bertz CT molecular complexity index is 2120. The van der Waals surface area contributed by atoms with Crippen molar-refractivity contribution in [1.29, 1.82) is 0 Å². The Hall–Kier alpha value is -4.36. The molecule has 16 atom stereocenters. The zero-order valence-electron chi connectivity index (χ0n) is 48.2. The van der Waals surface area contributed by atoms with Gasteiger partial charge in [-0.2, -0.15) is 0 Å². The number of fused-ring (bicyclic) bond motifs is 3. The quantitative estimate of drug-likeness (QED) is 0.0730. The summed E-state index contributed by atoms with van der Waals surface area (Å²) < 4.78 is 47.1. The minimum atomic E-state index is -2.46. The highest BCUT2D eigenvalue weighted by atomic mass is 16.6. The number of cyclic esters (lactones) is 1. The van der Waals surface area contributed by atoms with Crippen molar-refractivity contribution in [2.45, 2.75) is 194 Å². The lowest BCUT2D eigenvalue weighted by atomic mass is 9.78. The van der Waals surface area contributed by atoms with Crippen LogP contribution in [-0.2, 0) is 66.7 Å². The molecule has 2 N–H and O–H groups in total. The van der Waals surface area contributed by atoms with Crippen molar-refractivity contribution in [1.82, 2.24) is 4.90 Å². The van der Waals surface area contributed by atoms with Crippen LogP contribution in [0.5, 0.6) is 0 Å². The highest BCUT2D eigenvalue weighted by molar-refractivity contribution is 6.39. The zero-order valence-corrected chi connectivity index (χ0v) is 48.2. The van der Waals surface area contributed by atoms with Crippen molar-refractivity contribution >= 4 is 35.2 Å². The molecule has 3 fully saturated rings. The fourth-order valence-electron chi connectivity index (χ4n) is 11.2. The first-order valence-corrected chi connectivity index (χ1v) is 28.0. The van der Waals surface area contributed by atoms with E-state index in [0.717, 1.165) is 5.57 Å². The van der Waals surface area contributed by atoms with Gasteiger partial charge in [0.25, 0.3) is 11.7 Å². The van der Waals surface area contributed by atoms with Crippen LogP contribution in [0.3, 0.4) is 0 Å². The van der Waals surface area contributed by atoms with E-state index in [1.807, 2.05) is 58.1 Å². The minimum Gasteiger partial charge on any atom is -0.501 e. The van der Waals surface area contributed by atoms with Crippen LogP contribution in [0, 0.1) is 40.9 Å². The molecule has 1 aliphatic carbocycles. The van der Waals surface area contributed by atoms with Crippen LogP contribution in [0.4, 0.5) is 0 Å². The number of esters is 2. The van der Waals surface area contributed by atoms with Crippen molar-refractivity contribution < 1.29 is 76.9 Å². The molecule has 2 bridgehead atoms. The third-order valence-electron chi connectivity index (χ3n) is 16.3. The van der Waals surface area contributed by atoms with Gasteiger partial charge in [-0.1, -0.05) is 77.7 Å². The van der Waals surface area contributed by atoms with Crippen LogP contribution in [-0.4, -0.2) is 153 Å². The lowest BCUT2D eigenvalue weighted by molar-refractivity contribution is -0.265. The number of aliphatic hydroxyl groups is 2. The van der Waals surface area contributed by atoms with E-state index in [4.69, 9.17) is 37.9 Å². The summed E-state index contributed by atoms with van der Waals surface area (Å²) in [6, 6.07) is -1.19. The second-order valence-electron chi connectivity index (χ2n) is 22.6. The Morgan fingerprint density at radius 3 is 2.30 bits per heavy atom. The van der Waals surface area contributed by atoms with Gasteiger partial charge in [0.2, 0.25) is 5.79 Å². The lowest BCUT2D eigenvalue weighted by Crippen LogP contribution is -2.61. The largest absolute Gasteiger partial charge is 0.501 e. The van der Waals surface area contributed by atoms with Gasteiger partial charge < -0.3 is 53.0 Å². The number of hydrogen-bond acceptors (Lipinski definition) is 16. The number of amides is 1. The summed E-state index contributed by atoms with van der Waals surface area (Å²) in [5.74, 6) is -8.95. The molecule has 4 aliphatic rings. The van der Waals surface area contributed by atoms with E-state index in [0.29, 0.717) is 76.4 Å². The number of ketones is 3. The maximum atomic E-state index is 14.6. The molecule has 3 aliphatic heterocycles. The van der Waals surface area contributed by atoms with Gasteiger partial charge in [0.15, 0.2) is 5.78 Å². The van der Waals surface area contributed by atoms with Crippen molar-refractivity contribution in [2.24, 2.45) is 40.9 Å². The van der Waals surface area contributed by atoms with E-state index in [2.05, 4.69) is 6.58 Å². The Balaban J connectivity index is 1.68. The summed E-state index contributed by atoms with van der Waals surface area (Å²) in [5.41, 5.74) is 0.134. The summed E-state index contributed by atoms with van der Waals surface area (Å²) in [5, 5.41) is 23.6. The van der Waals surface area contributed by atoms with Gasteiger partial charge in [-0.25, -0.2) is 4.79 Å². The summed E-state index contributed by atoms with van der Waals surface area (Å²) in [7, 11) is 4.51. The van der Waals surface area contributed by atoms with Crippen LogP contribution in [0.15, 0.2) is 60.4 Å². The molecule has 2 saturated heterocycles. The maximum absolute atomic E-state index is 14.6. The van der Waals surface area contributed by atoms with Gasteiger partial charge in [0.05, 0.1) is 31.2 Å². The van der Waals surface area contributed by atoms with Gasteiger partial charge in [-0.05, 0) is 121 Å². The summed E-state index contributed by atoms with van der Waals surface area (Å²) in [6.07, 6.45) is 11.6. The van der Waals surface area contributed by atoms with E-state index in [1.54, 1.807) is 54.9 Å². The van der Waals surface area contributed by atoms with Gasteiger partial charge in [0, 0.05) is 65.1 Å². The van der Waals surface area contributed by atoms with Crippen molar-refractivity contribution in [3.8, 4) is 0 Å². The number of carbonyl (C=O) groups excluding carboxylic acids is 6. The van der Waals surface area contributed by atoms with Gasteiger partial charge >= 0.3 is 11.9 Å². The van der Waals surface area contributed by atoms with Gasteiger partial charge in [0.1, 0.15) is 48.3 Å². The number of aliphatic hydroxyl groups excluding tert-OH is 1. The summed E-state index contributed by atoms with van der Waals surface area (Å²) in [6.45, 7) is 20.3. The predicted molar refractivity (Wildman–Crippen MR) is 290 cm³/mol. The van der Waals surface area contributed by atoms with E-state index in [9.17, 15) is 39.0 Å². The Kier molecular flexibility index (Phi) is 26.1. The van der Waals surface area contributed by atoms with Crippen LogP contribution >= 0.6 is 0 Å². The van der Waals surface area contributed by atoms with E-state index >= 15 is 0 Å². The SMILES string of the molecule is C=COCC(C)(COCC)C(=O)O[C@@H]1CC[C@@H](C[C@@H](C)[C@@H]2CC(=O)[C@H](C)/C=C(\C)[C@@H](O)[C@@H](OC)C(=O)[C@H](C)C[C@H](C)/C=C/C=C/C=C(\C)[C@@H](OC)C[C@@H]3CC[C@@H](C)[C@@](O)(O3)C(=O)C(=O)N3CCCC[C@H]3C(=O)O2)C[C@H]1OC. The predicted octanol–water partition coefficient (Wildman–Crippen LogP) is 7.93. The number of carbonyl (C=O) groups is 6. The third kappa shape index (κ3) is 17.8. The molecule has 17 nitrogen and oxygen atoms in total. The summed E-state index contributed by atoms with van der Waals surface area (Å²) >= 11 is 0. The molecule has 0 radical (unpaired) electrons. The molecular formula is C60H93NO16. The van der Waals surface area contributed by atoms with Crippen LogP contribution < -0.4 is 0 Å². The summed E-state index contributed by atoms with van der Waals surface area (Å²) in [4.78, 5) is 86.5. The minimum absolute atomic E-state index is 0.00270. The average Bonchev–Trinajstić information content (AvgIpc) is 3.41. The molecule has 3 heterocycles. The lowest BCUT2D eigenvalue weighted by Gasteiger charge is -2.42. The molecule has 17 heteroatoms.